The summed E-state index contributed by atoms with van der Waals surface area (Å²) in [5.41, 5.74) is 3.98. The minimum absolute atomic E-state index is 0.182. The Bertz CT molecular complexity index is 1070. The van der Waals surface area contributed by atoms with Crippen LogP contribution in [0.1, 0.15) is 34.6 Å². The van der Waals surface area contributed by atoms with E-state index in [2.05, 4.69) is 15.1 Å². The summed E-state index contributed by atoms with van der Waals surface area (Å²) in [5, 5.41) is 16.7. The standard InChI is InChI=1S/C21H24F3N5O2/c1-12-15(21(30)31)11-17-14(16-3-5-25-26-16)4-6-29(17)18(12)13(2)27-7-9-28(10-8-27)20(24)19(22)23/h3-6,11,13,19-20H,7-10H2,1-2H3,(H,25,26)(H,30,31). The van der Waals surface area contributed by atoms with E-state index >= 15 is 0 Å². The summed E-state index contributed by atoms with van der Waals surface area (Å²) in [6, 6.07) is 5.17. The molecule has 3 aromatic heterocycles. The van der Waals surface area contributed by atoms with Crippen LogP contribution in [0.15, 0.2) is 30.6 Å². The molecule has 1 saturated heterocycles. The van der Waals surface area contributed by atoms with Crippen LogP contribution in [0, 0.1) is 6.92 Å². The number of aromatic carboxylic acids is 1. The van der Waals surface area contributed by atoms with E-state index in [9.17, 15) is 23.1 Å². The molecule has 0 aliphatic carbocycles. The number of rotatable bonds is 6. The Morgan fingerprint density at radius 1 is 1.16 bits per heavy atom. The largest absolute Gasteiger partial charge is 0.478 e. The number of piperazine rings is 1. The van der Waals surface area contributed by atoms with E-state index in [1.165, 1.54) is 0 Å². The number of nitrogens with one attached hydrogen (secondary N) is 1. The number of halogens is 3. The Kier molecular flexibility index (Phi) is 5.76. The molecule has 2 N–H and O–H groups in total. The number of nitrogens with zero attached hydrogens (tertiary/aromatic N) is 4. The molecule has 31 heavy (non-hydrogen) atoms. The highest BCUT2D eigenvalue weighted by Crippen LogP contribution is 2.33. The molecule has 0 amide bonds. The number of H-pyrrole nitrogens is 1. The van der Waals surface area contributed by atoms with Gasteiger partial charge in [-0.05, 0) is 37.6 Å². The lowest BCUT2D eigenvalue weighted by atomic mass is 10.00. The summed E-state index contributed by atoms with van der Waals surface area (Å²) in [5.74, 6) is -1.02. The number of aromatic nitrogens is 3. The van der Waals surface area contributed by atoms with Gasteiger partial charge < -0.3 is 9.51 Å². The molecular formula is C21H24F3N5O2. The van der Waals surface area contributed by atoms with Gasteiger partial charge >= 0.3 is 5.97 Å². The summed E-state index contributed by atoms with van der Waals surface area (Å²) in [6.07, 6.45) is -1.77. The highest BCUT2D eigenvalue weighted by atomic mass is 19.3. The average molecular weight is 435 g/mol. The number of aromatic amines is 1. The Hall–Kier alpha value is -2.85. The Balaban J connectivity index is 1.71. The number of carboxylic acids is 1. The van der Waals surface area contributed by atoms with Crippen LogP contribution in [0.4, 0.5) is 13.2 Å². The number of carbonyl (C=O) groups is 1. The monoisotopic (exact) mass is 435 g/mol. The topological polar surface area (TPSA) is 76.9 Å². The van der Waals surface area contributed by atoms with E-state index < -0.39 is 18.7 Å². The molecule has 10 heteroatoms. The van der Waals surface area contributed by atoms with Gasteiger partial charge in [0.25, 0.3) is 6.43 Å². The smallest absolute Gasteiger partial charge is 0.336 e. The number of fused-ring (bicyclic) bond motifs is 1. The first-order valence-corrected chi connectivity index (χ1v) is 10.1. The lowest BCUT2D eigenvalue weighted by Crippen LogP contribution is -2.51. The fraction of sp³-hybridized carbons (Fsp3) is 0.429. The van der Waals surface area contributed by atoms with Gasteiger partial charge in [0.15, 0.2) is 0 Å². The average Bonchev–Trinajstić information content (AvgIpc) is 3.41. The number of alkyl halides is 3. The third kappa shape index (κ3) is 3.81. The van der Waals surface area contributed by atoms with Crippen LogP contribution in [-0.2, 0) is 0 Å². The van der Waals surface area contributed by atoms with Crippen molar-refractivity contribution in [3.8, 4) is 11.3 Å². The van der Waals surface area contributed by atoms with Crippen molar-refractivity contribution in [2.45, 2.75) is 32.6 Å². The van der Waals surface area contributed by atoms with Crippen LogP contribution >= 0.6 is 0 Å². The van der Waals surface area contributed by atoms with Crippen molar-refractivity contribution in [3.05, 3.63) is 47.4 Å². The lowest BCUT2D eigenvalue weighted by Gasteiger charge is -2.39. The second-order valence-electron chi connectivity index (χ2n) is 7.78. The Morgan fingerprint density at radius 2 is 1.84 bits per heavy atom. The van der Waals surface area contributed by atoms with Gasteiger partial charge in [-0.1, -0.05) is 0 Å². The normalized spacial score (nSPS) is 18.0. The molecule has 0 saturated carbocycles. The minimum Gasteiger partial charge on any atom is -0.478 e. The first-order valence-electron chi connectivity index (χ1n) is 10.1. The molecule has 4 rings (SSSR count). The highest BCUT2D eigenvalue weighted by molar-refractivity contribution is 5.93. The van der Waals surface area contributed by atoms with Crippen LogP contribution in [0.3, 0.4) is 0 Å². The third-order valence-corrected chi connectivity index (χ3v) is 6.12. The molecule has 0 aromatic carbocycles. The molecule has 0 spiro atoms. The first-order chi connectivity index (χ1) is 14.8. The van der Waals surface area contributed by atoms with E-state index in [1.807, 2.05) is 29.7 Å². The number of hydrogen-bond acceptors (Lipinski definition) is 4. The molecule has 2 atom stereocenters. The molecule has 1 aliphatic rings. The van der Waals surface area contributed by atoms with Crippen LogP contribution in [0.25, 0.3) is 16.8 Å². The molecule has 2 unspecified atom stereocenters. The van der Waals surface area contributed by atoms with Crippen LogP contribution in [0.2, 0.25) is 0 Å². The maximum atomic E-state index is 13.7. The minimum atomic E-state index is -3.03. The van der Waals surface area contributed by atoms with E-state index in [1.54, 1.807) is 19.2 Å². The molecular weight excluding hydrogens is 411 g/mol. The number of hydrogen-bond donors (Lipinski definition) is 2. The zero-order chi connectivity index (χ0) is 22.3. The molecule has 3 aromatic rings. The molecule has 1 aliphatic heterocycles. The summed E-state index contributed by atoms with van der Waals surface area (Å²) in [4.78, 5) is 15.2. The summed E-state index contributed by atoms with van der Waals surface area (Å²) < 4.78 is 41.1. The number of carboxylic acid groups (broad SMARTS) is 1. The van der Waals surface area contributed by atoms with Crippen molar-refractivity contribution in [3.63, 3.8) is 0 Å². The SMILES string of the molecule is Cc1c(C(=O)O)cc2c(-c3ccn[nH]3)ccn2c1C(C)N1CCN(C(F)C(F)F)CC1. The van der Waals surface area contributed by atoms with E-state index in [0.717, 1.165) is 27.4 Å². The Morgan fingerprint density at radius 3 is 2.42 bits per heavy atom. The molecule has 0 bridgehead atoms. The maximum Gasteiger partial charge on any atom is 0.336 e. The van der Waals surface area contributed by atoms with Crippen molar-refractivity contribution in [1.29, 1.82) is 0 Å². The van der Waals surface area contributed by atoms with Crippen molar-refractivity contribution in [2.75, 3.05) is 26.2 Å². The van der Waals surface area contributed by atoms with Crippen molar-refractivity contribution in [1.82, 2.24) is 24.4 Å². The molecule has 166 valence electrons. The van der Waals surface area contributed by atoms with E-state index in [0.29, 0.717) is 18.7 Å². The summed E-state index contributed by atoms with van der Waals surface area (Å²) in [7, 11) is 0. The van der Waals surface area contributed by atoms with Gasteiger partial charge in [0.2, 0.25) is 6.30 Å². The zero-order valence-corrected chi connectivity index (χ0v) is 17.2. The lowest BCUT2D eigenvalue weighted by molar-refractivity contribution is -0.0688. The van der Waals surface area contributed by atoms with Crippen molar-refractivity contribution < 1.29 is 23.1 Å². The van der Waals surface area contributed by atoms with Crippen LogP contribution in [-0.4, -0.2) is 74.4 Å². The maximum absolute atomic E-state index is 13.7. The van der Waals surface area contributed by atoms with Crippen LogP contribution in [0.5, 0.6) is 0 Å². The van der Waals surface area contributed by atoms with Crippen molar-refractivity contribution >= 4 is 11.5 Å². The van der Waals surface area contributed by atoms with Crippen LogP contribution < -0.4 is 0 Å². The van der Waals surface area contributed by atoms with Gasteiger partial charge in [0.1, 0.15) is 0 Å². The molecule has 1 fully saturated rings. The van der Waals surface area contributed by atoms with E-state index in [-0.39, 0.29) is 24.7 Å². The van der Waals surface area contributed by atoms with Gasteiger partial charge in [0, 0.05) is 55.9 Å². The second kappa shape index (κ2) is 8.35. The zero-order valence-electron chi connectivity index (χ0n) is 17.2. The molecule has 7 nitrogen and oxygen atoms in total. The molecule has 4 heterocycles. The quantitative estimate of drug-likeness (QED) is 0.579. The second-order valence-corrected chi connectivity index (χ2v) is 7.78. The highest BCUT2D eigenvalue weighted by Gasteiger charge is 2.32. The fourth-order valence-electron chi connectivity index (χ4n) is 4.44. The summed E-state index contributed by atoms with van der Waals surface area (Å²) in [6.45, 7) is 4.90. The number of pyridine rings is 1. The summed E-state index contributed by atoms with van der Waals surface area (Å²) >= 11 is 0. The van der Waals surface area contributed by atoms with Gasteiger partial charge in [-0.2, -0.15) is 5.10 Å². The predicted molar refractivity (Wildman–Crippen MR) is 109 cm³/mol. The first kappa shape index (κ1) is 21.4. The fourth-order valence-corrected chi connectivity index (χ4v) is 4.44. The molecule has 0 radical (unpaired) electrons. The third-order valence-electron chi connectivity index (χ3n) is 6.12. The van der Waals surface area contributed by atoms with Crippen molar-refractivity contribution in [2.24, 2.45) is 0 Å². The van der Waals surface area contributed by atoms with Gasteiger partial charge in [0.05, 0.1) is 16.8 Å². The Labute approximate surface area is 177 Å². The van der Waals surface area contributed by atoms with E-state index in [4.69, 9.17) is 0 Å². The van der Waals surface area contributed by atoms with Gasteiger partial charge in [-0.15, -0.1) is 0 Å². The van der Waals surface area contributed by atoms with Gasteiger partial charge in [-0.3, -0.25) is 14.9 Å². The predicted octanol–water partition coefficient (Wildman–Crippen LogP) is 3.58. The van der Waals surface area contributed by atoms with Gasteiger partial charge in [-0.25, -0.2) is 18.0 Å².